The highest BCUT2D eigenvalue weighted by molar-refractivity contribution is 6.31. The van der Waals surface area contributed by atoms with Crippen molar-refractivity contribution in [2.45, 2.75) is 31.7 Å². The van der Waals surface area contributed by atoms with Crippen LogP contribution in [-0.2, 0) is 18.8 Å². The molecule has 0 radical (unpaired) electrons. The van der Waals surface area contributed by atoms with Gasteiger partial charge in [-0.2, -0.15) is 5.10 Å². The lowest BCUT2D eigenvalue weighted by atomic mass is 10.1. The SMILES string of the molecule is FC(F)c1nn(CCCc2ccccc2)c(Cl)c1CCl. The summed E-state index contributed by atoms with van der Waals surface area (Å²) in [6.07, 6.45) is -1.04. The highest BCUT2D eigenvalue weighted by Gasteiger charge is 2.22. The van der Waals surface area contributed by atoms with Crippen LogP contribution in [-0.4, -0.2) is 9.78 Å². The van der Waals surface area contributed by atoms with Gasteiger partial charge in [0.25, 0.3) is 6.43 Å². The monoisotopic (exact) mass is 318 g/mol. The molecule has 0 saturated carbocycles. The minimum atomic E-state index is -2.66. The van der Waals surface area contributed by atoms with Gasteiger partial charge in [-0.1, -0.05) is 41.9 Å². The smallest absolute Gasteiger partial charge is 0.253 e. The van der Waals surface area contributed by atoms with E-state index in [0.717, 1.165) is 12.8 Å². The Bertz CT molecular complexity index is 556. The van der Waals surface area contributed by atoms with E-state index in [0.29, 0.717) is 6.54 Å². The summed E-state index contributed by atoms with van der Waals surface area (Å²) < 4.78 is 27.0. The van der Waals surface area contributed by atoms with Crippen LogP contribution in [0.2, 0.25) is 5.15 Å². The van der Waals surface area contributed by atoms with Crippen molar-refractivity contribution >= 4 is 23.2 Å². The summed E-state index contributed by atoms with van der Waals surface area (Å²) in [5.74, 6) is -0.0583. The molecule has 0 spiro atoms. The molecule has 2 aromatic rings. The van der Waals surface area contributed by atoms with Crippen LogP contribution in [0, 0.1) is 0 Å². The van der Waals surface area contributed by atoms with Crippen molar-refractivity contribution in [3.8, 4) is 0 Å². The topological polar surface area (TPSA) is 17.8 Å². The van der Waals surface area contributed by atoms with Crippen LogP contribution >= 0.6 is 23.2 Å². The highest BCUT2D eigenvalue weighted by Crippen LogP contribution is 2.29. The van der Waals surface area contributed by atoms with Gasteiger partial charge in [0.1, 0.15) is 10.8 Å². The van der Waals surface area contributed by atoms with E-state index in [2.05, 4.69) is 5.10 Å². The molecule has 0 bridgehead atoms. The standard InChI is InChI=1S/C14H14Cl2F2N2/c15-9-11-12(14(17)18)19-20(13(11)16)8-4-7-10-5-2-1-3-6-10/h1-3,5-6,14H,4,7-9H2. The first kappa shape index (κ1) is 15.3. The van der Waals surface area contributed by atoms with E-state index < -0.39 is 6.43 Å². The second kappa shape index (κ2) is 7.04. The molecule has 1 aromatic heterocycles. The first-order valence-electron chi connectivity index (χ1n) is 6.26. The van der Waals surface area contributed by atoms with Gasteiger partial charge in [0, 0.05) is 12.1 Å². The van der Waals surface area contributed by atoms with Gasteiger partial charge >= 0.3 is 0 Å². The van der Waals surface area contributed by atoms with Gasteiger partial charge in [0.2, 0.25) is 0 Å². The zero-order valence-corrected chi connectivity index (χ0v) is 12.2. The van der Waals surface area contributed by atoms with E-state index in [1.165, 1.54) is 10.2 Å². The zero-order valence-electron chi connectivity index (χ0n) is 10.7. The number of aromatic nitrogens is 2. The molecule has 20 heavy (non-hydrogen) atoms. The summed E-state index contributed by atoms with van der Waals surface area (Å²) in [4.78, 5) is 0. The first-order chi connectivity index (χ1) is 9.63. The van der Waals surface area contributed by atoms with Gasteiger partial charge in [-0.05, 0) is 18.4 Å². The van der Waals surface area contributed by atoms with Crippen molar-refractivity contribution in [1.82, 2.24) is 9.78 Å². The molecular weight excluding hydrogens is 305 g/mol. The Hall–Kier alpha value is -1.13. The van der Waals surface area contributed by atoms with Crippen molar-refractivity contribution < 1.29 is 8.78 Å². The maximum atomic E-state index is 12.8. The van der Waals surface area contributed by atoms with Crippen LogP contribution in [0.1, 0.15) is 29.7 Å². The van der Waals surface area contributed by atoms with E-state index in [9.17, 15) is 8.78 Å². The highest BCUT2D eigenvalue weighted by atomic mass is 35.5. The average Bonchev–Trinajstić information content (AvgIpc) is 2.77. The molecule has 2 nitrogen and oxygen atoms in total. The van der Waals surface area contributed by atoms with E-state index in [1.54, 1.807) is 0 Å². The predicted molar refractivity (Wildman–Crippen MR) is 76.5 cm³/mol. The molecular formula is C14H14Cl2F2N2. The van der Waals surface area contributed by atoms with Crippen LogP contribution < -0.4 is 0 Å². The van der Waals surface area contributed by atoms with Crippen LogP contribution in [0.3, 0.4) is 0 Å². The molecule has 0 fully saturated rings. The Balaban J connectivity index is 2.03. The summed E-state index contributed by atoms with van der Waals surface area (Å²) in [6.45, 7) is 0.490. The van der Waals surface area contributed by atoms with Gasteiger partial charge in [0.15, 0.2) is 0 Å². The lowest BCUT2D eigenvalue weighted by Crippen LogP contribution is -2.02. The van der Waals surface area contributed by atoms with Crippen molar-refractivity contribution in [1.29, 1.82) is 0 Å². The molecule has 0 saturated heterocycles. The summed E-state index contributed by atoms with van der Waals surface area (Å²) in [5, 5.41) is 4.07. The number of hydrogen-bond acceptors (Lipinski definition) is 1. The normalized spacial score (nSPS) is 11.2. The first-order valence-corrected chi connectivity index (χ1v) is 7.18. The summed E-state index contributed by atoms with van der Waals surface area (Å²) in [6, 6.07) is 9.95. The Kier molecular flexibility index (Phi) is 5.38. The minimum absolute atomic E-state index is 0.0583. The fourth-order valence-electron chi connectivity index (χ4n) is 2.02. The number of alkyl halides is 3. The molecule has 0 amide bonds. The van der Waals surface area contributed by atoms with Crippen LogP contribution in [0.5, 0.6) is 0 Å². The van der Waals surface area contributed by atoms with Crippen molar-refractivity contribution in [3.05, 3.63) is 52.3 Å². The maximum absolute atomic E-state index is 12.8. The van der Waals surface area contributed by atoms with Gasteiger partial charge in [-0.3, -0.25) is 4.68 Å². The Morgan fingerprint density at radius 1 is 1.20 bits per heavy atom. The van der Waals surface area contributed by atoms with Crippen molar-refractivity contribution in [2.24, 2.45) is 0 Å². The van der Waals surface area contributed by atoms with Crippen LogP contribution in [0.15, 0.2) is 30.3 Å². The molecule has 6 heteroatoms. The van der Waals surface area contributed by atoms with E-state index >= 15 is 0 Å². The third kappa shape index (κ3) is 3.49. The lowest BCUT2D eigenvalue weighted by Gasteiger charge is -2.04. The molecule has 108 valence electrons. The van der Waals surface area contributed by atoms with E-state index in [1.807, 2.05) is 30.3 Å². The molecule has 2 rings (SSSR count). The van der Waals surface area contributed by atoms with Gasteiger partial charge in [-0.15, -0.1) is 11.6 Å². The third-order valence-corrected chi connectivity index (χ3v) is 3.72. The van der Waals surface area contributed by atoms with Crippen LogP contribution in [0.25, 0.3) is 0 Å². The quantitative estimate of drug-likeness (QED) is 0.696. The summed E-state index contributed by atoms with van der Waals surface area (Å²) in [5.41, 5.74) is 1.11. The predicted octanol–water partition coefficient (Wildman–Crippen LogP) is 4.85. The molecule has 0 aliphatic carbocycles. The number of nitrogens with zero attached hydrogens (tertiary/aromatic N) is 2. The largest absolute Gasteiger partial charge is 0.282 e. The van der Waals surface area contributed by atoms with Crippen LogP contribution in [0.4, 0.5) is 8.78 Å². The Morgan fingerprint density at radius 3 is 2.45 bits per heavy atom. The number of benzene rings is 1. The number of rotatable bonds is 6. The van der Waals surface area contributed by atoms with Gasteiger partial charge in [0.05, 0.1) is 5.88 Å². The molecule has 0 unspecified atom stereocenters. The Labute approximate surface area is 126 Å². The molecule has 0 aliphatic rings. The van der Waals surface area contributed by atoms with E-state index in [-0.39, 0.29) is 22.3 Å². The molecule has 1 heterocycles. The molecule has 0 atom stereocenters. The molecule has 0 aliphatic heterocycles. The second-order valence-electron chi connectivity index (χ2n) is 4.40. The van der Waals surface area contributed by atoms with Gasteiger partial charge < -0.3 is 0 Å². The lowest BCUT2D eigenvalue weighted by molar-refractivity contribution is 0.144. The maximum Gasteiger partial charge on any atom is 0.282 e. The van der Waals surface area contributed by atoms with Gasteiger partial charge in [-0.25, -0.2) is 8.78 Å². The second-order valence-corrected chi connectivity index (χ2v) is 5.03. The Morgan fingerprint density at radius 2 is 1.90 bits per heavy atom. The molecule has 0 N–H and O–H groups in total. The van der Waals surface area contributed by atoms with Crippen molar-refractivity contribution in [2.75, 3.05) is 0 Å². The fourth-order valence-corrected chi connectivity index (χ4v) is 2.64. The third-order valence-electron chi connectivity index (χ3n) is 3.03. The minimum Gasteiger partial charge on any atom is -0.253 e. The molecule has 1 aromatic carbocycles. The summed E-state index contributed by atoms with van der Waals surface area (Å²) >= 11 is 11.7. The summed E-state index contributed by atoms with van der Waals surface area (Å²) in [7, 11) is 0. The number of aryl methyl sites for hydroxylation is 2. The van der Waals surface area contributed by atoms with E-state index in [4.69, 9.17) is 23.2 Å². The van der Waals surface area contributed by atoms with Crippen molar-refractivity contribution in [3.63, 3.8) is 0 Å². The number of hydrogen-bond donors (Lipinski definition) is 0. The average molecular weight is 319 g/mol. The number of halogens is 4. The fraction of sp³-hybridized carbons (Fsp3) is 0.357. The zero-order chi connectivity index (χ0) is 14.5.